The number of carboxylic acids is 1. The SMILES string of the molecule is O=C(O)c1ccc(CNC(=O)c2cc3ccccc3s2)cc1. The van der Waals surface area contributed by atoms with E-state index in [-0.39, 0.29) is 11.5 Å². The molecule has 0 bridgehead atoms. The first-order chi connectivity index (χ1) is 10.6. The molecule has 110 valence electrons. The molecule has 22 heavy (non-hydrogen) atoms. The number of hydrogen-bond donors (Lipinski definition) is 2. The van der Waals surface area contributed by atoms with Crippen LogP contribution in [0.4, 0.5) is 0 Å². The first kappa shape index (κ1) is 14.3. The number of carbonyl (C=O) groups is 2. The van der Waals surface area contributed by atoms with Gasteiger partial charge in [0.1, 0.15) is 0 Å². The minimum Gasteiger partial charge on any atom is -0.478 e. The maximum atomic E-state index is 12.2. The summed E-state index contributed by atoms with van der Waals surface area (Å²) < 4.78 is 1.08. The van der Waals surface area contributed by atoms with Crippen molar-refractivity contribution in [3.8, 4) is 0 Å². The van der Waals surface area contributed by atoms with Crippen molar-refractivity contribution in [3.05, 3.63) is 70.6 Å². The van der Waals surface area contributed by atoms with Gasteiger partial charge in [0.25, 0.3) is 5.91 Å². The topological polar surface area (TPSA) is 66.4 Å². The van der Waals surface area contributed by atoms with Gasteiger partial charge in [-0.3, -0.25) is 4.79 Å². The van der Waals surface area contributed by atoms with Crippen LogP contribution in [0.2, 0.25) is 0 Å². The third-order valence-electron chi connectivity index (χ3n) is 3.30. The summed E-state index contributed by atoms with van der Waals surface area (Å²) in [6.45, 7) is 0.368. The second-order valence-corrected chi connectivity index (χ2v) is 5.92. The number of carboxylic acid groups (broad SMARTS) is 1. The van der Waals surface area contributed by atoms with E-state index in [1.807, 2.05) is 30.3 Å². The van der Waals surface area contributed by atoms with Crippen LogP contribution in [-0.2, 0) is 6.54 Å². The molecule has 0 fully saturated rings. The maximum Gasteiger partial charge on any atom is 0.335 e. The molecular weight excluding hydrogens is 298 g/mol. The molecule has 2 N–H and O–H groups in total. The van der Waals surface area contributed by atoms with Gasteiger partial charge in [-0.25, -0.2) is 4.79 Å². The molecule has 5 heteroatoms. The Bertz CT molecular complexity index is 803. The minimum atomic E-state index is -0.958. The smallest absolute Gasteiger partial charge is 0.335 e. The number of benzene rings is 2. The Morgan fingerprint density at radius 2 is 1.77 bits per heavy atom. The van der Waals surface area contributed by atoms with Crippen molar-refractivity contribution in [1.29, 1.82) is 0 Å². The second kappa shape index (κ2) is 5.99. The molecule has 0 unspecified atom stereocenters. The van der Waals surface area contributed by atoms with Crippen molar-refractivity contribution in [1.82, 2.24) is 5.32 Å². The molecule has 3 rings (SSSR count). The van der Waals surface area contributed by atoms with Crippen LogP contribution in [0.15, 0.2) is 54.6 Å². The van der Waals surface area contributed by atoms with Crippen LogP contribution in [0.1, 0.15) is 25.6 Å². The van der Waals surface area contributed by atoms with Crippen LogP contribution < -0.4 is 5.32 Å². The molecule has 1 aromatic heterocycles. The summed E-state index contributed by atoms with van der Waals surface area (Å²) in [5.41, 5.74) is 1.10. The molecule has 1 amide bonds. The van der Waals surface area contributed by atoms with Gasteiger partial charge in [-0.15, -0.1) is 11.3 Å². The van der Waals surface area contributed by atoms with E-state index in [0.29, 0.717) is 11.4 Å². The first-order valence-corrected chi connectivity index (χ1v) is 7.54. The van der Waals surface area contributed by atoms with Crippen molar-refractivity contribution in [2.45, 2.75) is 6.54 Å². The standard InChI is InChI=1S/C17H13NO3S/c19-16(15-9-13-3-1-2-4-14(13)22-15)18-10-11-5-7-12(8-6-11)17(20)21/h1-9H,10H2,(H,18,19)(H,20,21). The summed E-state index contributed by atoms with van der Waals surface area (Å²) in [7, 11) is 0. The Morgan fingerprint density at radius 3 is 2.45 bits per heavy atom. The average molecular weight is 311 g/mol. The van der Waals surface area contributed by atoms with E-state index in [4.69, 9.17) is 5.11 Å². The molecule has 0 saturated heterocycles. The van der Waals surface area contributed by atoms with Crippen LogP contribution in [0, 0.1) is 0 Å². The van der Waals surface area contributed by atoms with E-state index in [9.17, 15) is 9.59 Å². The van der Waals surface area contributed by atoms with Crippen LogP contribution in [0.25, 0.3) is 10.1 Å². The number of nitrogens with one attached hydrogen (secondary N) is 1. The third kappa shape index (κ3) is 2.99. The van der Waals surface area contributed by atoms with Gasteiger partial charge < -0.3 is 10.4 Å². The number of fused-ring (bicyclic) bond motifs is 1. The largest absolute Gasteiger partial charge is 0.478 e. The molecule has 0 spiro atoms. The van der Waals surface area contributed by atoms with Gasteiger partial charge in [0.15, 0.2) is 0 Å². The minimum absolute atomic E-state index is 0.122. The number of thiophene rings is 1. The Morgan fingerprint density at radius 1 is 1.05 bits per heavy atom. The van der Waals surface area contributed by atoms with Crippen molar-refractivity contribution in [2.24, 2.45) is 0 Å². The monoisotopic (exact) mass is 311 g/mol. The van der Waals surface area contributed by atoms with E-state index >= 15 is 0 Å². The lowest BCUT2D eigenvalue weighted by Crippen LogP contribution is -2.21. The van der Waals surface area contributed by atoms with Gasteiger partial charge in [0.05, 0.1) is 10.4 Å². The fourth-order valence-corrected chi connectivity index (χ4v) is 3.11. The summed E-state index contributed by atoms with van der Waals surface area (Å²) in [6.07, 6.45) is 0. The number of amides is 1. The summed E-state index contributed by atoms with van der Waals surface area (Å²) in [5, 5.41) is 12.8. The number of hydrogen-bond acceptors (Lipinski definition) is 3. The van der Waals surface area contributed by atoms with Crippen molar-refractivity contribution in [3.63, 3.8) is 0 Å². The molecule has 0 aliphatic rings. The Labute approximate surface area is 131 Å². The highest BCUT2D eigenvalue weighted by molar-refractivity contribution is 7.20. The summed E-state index contributed by atoms with van der Waals surface area (Å²) in [5.74, 6) is -1.08. The summed E-state index contributed by atoms with van der Waals surface area (Å²) in [6, 6.07) is 16.2. The van der Waals surface area contributed by atoms with Crippen LogP contribution in [-0.4, -0.2) is 17.0 Å². The normalized spacial score (nSPS) is 10.5. The number of carbonyl (C=O) groups excluding carboxylic acids is 1. The Balaban J connectivity index is 1.67. The van der Waals surface area contributed by atoms with Crippen molar-refractivity contribution >= 4 is 33.3 Å². The van der Waals surface area contributed by atoms with Gasteiger partial charge in [-0.2, -0.15) is 0 Å². The van der Waals surface area contributed by atoms with E-state index in [1.165, 1.54) is 23.5 Å². The molecule has 3 aromatic rings. The highest BCUT2D eigenvalue weighted by Crippen LogP contribution is 2.25. The predicted molar refractivity (Wildman–Crippen MR) is 86.4 cm³/mol. The highest BCUT2D eigenvalue weighted by Gasteiger charge is 2.10. The molecule has 0 saturated carbocycles. The zero-order valence-corrected chi connectivity index (χ0v) is 12.4. The van der Waals surface area contributed by atoms with Gasteiger partial charge in [-0.1, -0.05) is 30.3 Å². The zero-order valence-electron chi connectivity index (χ0n) is 11.6. The molecule has 1 heterocycles. The maximum absolute atomic E-state index is 12.2. The number of aromatic carboxylic acids is 1. The molecule has 4 nitrogen and oxygen atoms in total. The lowest BCUT2D eigenvalue weighted by atomic mass is 10.1. The molecule has 0 aliphatic carbocycles. The summed E-state index contributed by atoms with van der Waals surface area (Å²) >= 11 is 1.46. The third-order valence-corrected chi connectivity index (χ3v) is 4.42. The fraction of sp³-hybridized carbons (Fsp3) is 0.0588. The fourth-order valence-electron chi connectivity index (χ4n) is 2.13. The first-order valence-electron chi connectivity index (χ1n) is 6.72. The van der Waals surface area contributed by atoms with E-state index in [0.717, 1.165) is 15.6 Å². The lowest BCUT2D eigenvalue weighted by Gasteiger charge is -2.04. The lowest BCUT2D eigenvalue weighted by molar-refractivity contribution is 0.0696. The molecule has 2 aromatic carbocycles. The van der Waals surface area contributed by atoms with E-state index in [1.54, 1.807) is 12.1 Å². The van der Waals surface area contributed by atoms with Gasteiger partial charge in [0.2, 0.25) is 0 Å². The van der Waals surface area contributed by atoms with Crippen LogP contribution >= 0.6 is 11.3 Å². The molecular formula is C17H13NO3S. The molecule has 0 radical (unpaired) electrons. The van der Waals surface area contributed by atoms with Gasteiger partial charge >= 0.3 is 5.97 Å². The van der Waals surface area contributed by atoms with Crippen molar-refractivity contribution < 1.29 is 14.7 Å². The average Bonchev–Trinajstić information content (AvgIpc) is 2.97. The van der Waals surface area contributed by atoms with Crippen LogP contribution in [0.5, 0.6) is 0 Å². The quantitative estimate of drug-likeness (QED) is 0.774. The second-order valence-electron chi connectivity index (χ2n) is 4.83. The highest BCUT2D eigenvalue weighted by atomic mass is 32.1. The van der Waals surface area contributed by atoms with Crippen molar-refractivity contribution in [2.75, 3.05) is 0 Å². The predicted octanol–water partition coefficient (Wildman–Crippen LogP) is 3.53. The Hall–Kier alpha value is -2.66. The summed E-state index contributed by atoms with van der Waals surface area (Å²) in [4.78, 5) is 23.6. The molecule has 0 atom stereocenters. The van der Waals surface area contributed by atoms with E-state index in [2.05, 4.69) is 5.32 Å². The van der Waals surface area contributed by atoms with Gasteiger partial charge in [-0.05, 0) is 35.2 Å². The number of rotatable bonds is 4. The van der Waals surface area contributed by atoms with Gasteiger partial charge in [0, 0.05) is 11.2 Å². The Kier molecular flexibility index (Phi) is 3.89. The zero-order chi connectivity index (χ0) is 15.5. The van der Waals surface area contributed by atoms with Crippen LogP contribution in [0.3, 0.4) is 0 Å². The molecule has 0 aliphatic heterocycles. The van der Waals surface area contributed by atoms with E-state index < -0.39 is 5.97 Å².